The van der Waals surface area contributed by atoms with E-state index in [0.717, 1.165) is 5.56 Å². The lowest BCUT2D eigenvalue weighted by Gasteiger charge is -2.30. The number of carbonyl (C=O) groups excluding carboxylic acids is 1. The zero-order valence-electron chi connectivity index (χ0n) is 20.3. The molecular formula is C24H31N3O7S2. The summed E-state index contributed by atoms with van der Waals surface area (Å²) < 4.78 is 65.5. The number of carbonyl (C=O) groups is 1. The summed E-state index contributed by atoms with van der Waals surface area (Å²) in [6, 6.07) is 11.2. The average molecular weight is 538 g/mol. The van der Waals surface area contributed by atoms with Crippen molar-refractivity contribution < 1.29 is 31.1 Å². The molecule has 2 heterocycles. The lowest BCUT2D eigenvalue weighted by Crippen LogP contribution is -2.41. The lowest BCUT2D eigenvalue weighted by atomic mass is 9.97. The molecule has 2 aromatic rings. The summed E-state index contributed by atoms with van der Waals surface area (Å²) in [4.78, 5) is 13.2. The van der Waals surface area contributed by atoms with E-state index in [2.05, 4.69) is 5.32 Å². The van der Waals surface area contributed by atoms with Crippen LogP contribution in [0.15, 0.2) is 52.3 Å². The number of nitrogens with zero attached hydrogens (tertiary/aromatic N) is 2. The molecule has 2 fully saturated rings. The minimum atomic E-state index is -3.84. The number of benzene rings is 2. The SMILES string of the molecule is COc1ccc(NC(=O)C2CCN(S(=O)(=O)c3ccc(C)cc3)CC2)cc1S(=O)(=O)N1CCOCC1. The van der Waals surface area contributed by atoms with Gasteiger partial charge in [-0.25, -0.2) is 16.8 Å². The number of rotatable bonds is 7. The van der Waals surface area contributed by atoms with Crippen LogP contribution in [0.5, 0.6) is 5.75 Å². The van der Waals surface area contributed by atoms with Gasteiger partial charge < -0.3 is 14.8 Å². The number of nitrogens with one attached hydrogen (secondary N) is 1. The second kappa shape index (κ2) is 10.9. The quantitative estimate of drug-likeness (QED) is 0.574. The van der Waals surface area contributed by atoms with Crippen molar-refractivity contribution in [3.8, 4) is 5.75 Å². The van der Waals surface area contributed by atoms with Crippen LogP contribution in [0.4, 0.5) is 5.69 Å². The van der Waals surface area contributed by atoms with Gasteiger partial charge in [0.1, 0.15) is 10.6 Å². The Morgan fingerprint density at radius 1 is 0.917 bits per heavy atom. The molecule has 196 valence electrons. The molecule has 0 radical (unpaired) electrons. The summed E-state index contributed by atoms with van der Waals surface area (Å²) in [6.07, 6.45) is 0.734. The Morgan fingerprint density at radius 3 is 2.14 bits per heavy atom. The predicted molar refractivity (Wildman–Crippen MR) is 134 cm³/mol. The molecule has 0 saturated carbocycles. The number of piperidine rings is 1. The Bertz CT molecular complexity index is 1300. The van der Waals surface area contributed by atoms with E-state index in [9.17, 15) is 21.6 Å². The van der Waals surface area contributed by atoms with Gasteiger partial charge in [0.25, 0.3) is 0 Å². The molecular weight excluding hydrogens is 506 g/mol. The van der Waals surface area contributed by atoms with Gasteiger partial charge in [0.05, 0.1) is 25.2 Å². The molecule has 36 heavy (non-hydrogen) atoms. The summed E-state index contributed by atoms with van der Waals surface area (Å²) in [5.41, 5.74) is 1.31. The highest BCUT2D eigenvalue weighted by atomic mass is 32.2. The minimum absolute atomic E-state index is 0.0243. The van der Waals surface area contributed by atoms with E-state index >= 15 is 0 Å². The molecule has 2 aliphatic rings. The molecule has 0 unspecified atom stereocenters. The summed E-state index contributed by atoms with van der Waals surface area (Å²) in [5, 5.41) is 2.80. The summed E-state index contributed by atoms with van der Waals surface area (Å²) in [5.74, 6) is -0.479. The fourth-order valence-electron chi connectivity index (χ4n) is 4.34. The number of ether oxygens (including phenoxy) is 2. The monoisotopic (exact) mass is 537 g/mol. The highest BCUT2D eigenvalue weighted by molar-refractivity contribution is 7.89. The Hall–Kier alpha value is -2.51. The van der Waals surface area contributed by atoms with Crippen molar-refractivity contribution in [3.05, 3.63) is 48.0 Å². The molecule has 0 bridgehead atoms. The number of hydrogen-bond donors (Lipinski definition) is 1. The highest BCUT2D eigenvalue weighted by Gasteiger charge is 2.33. The van der Waals surface area contributed by atoms with Gasteiger partial charge in [-0.15, -0.1) is 0 Å². The Morgan fingerprint density at radius 2 is 1.53 bits per heavy atom. The first-order valence-corrected chi connectivity index (χ1v) is 14.6. The smallest absolute Gasteiger partial charge is 0.246 e. The van der Waals surface area contributed by atoms with Crippen LogP contribution >= 0.6 is 0 Å². The van der Waals surface area contributed by atoms with E-state index in [4.69, 9.17) is 9.47 Å². The lowest BCUT2D eigenvalue weighted by molar-refractivity contribution is -0.120. The second-order valence-electron chi connectivity index (χ2n) is 8.86. The second-order valence-corrected chi connectivity index (χ2v) is 12.7. The van der Waals surface area contributed by atoms with Crippen molar-refractivity contribution in [2.45, 2.75) is 29.6 Å². The van der Waals surface area contributed by atoms with Crippen LogP contribution in [-0.2, 0) is 29.6 Å². The molecule has 10 nitrogen and oxygen atoms in total. The summed E-state index contributed by atoms with van der Waals surface area (Å²) in [6.45, 7) is 3.47. The van der Waals surface area contributed by atoms with Crippen molar-refractivity contribution in [2.75, 3.05) is 51.8 Å². The Labute approximate surface area is 212 Å². The summed E-state index contributed by atoms with van der Waals surface area (Å²) in [7, 11) is -6.06. The van der Waals surface area contributed by atoms with E-state index in [0.29, 0.717) is 31.7 Å². The van der Waals surface area contributed by atoms with Gasteiger partial charge in [0, 0.05) is 37.8 Å². The van der Waals surface area contributed by atoms with Gasteiger partial charge in [-0.2, -0.15) is 8.61 Å². The number of amides is 1. The normalized spacial score (nSPS) is 18.6. The van der Waals surface area contributed by atoms with Crippen molar-refractivity contribution in [2.24, 2.45) is 5.92 Å². The number of aryl methyl sites for hydroxylation is 1. The number of sulfonamides is 2. The van der Waals surface area contributed by atoms with Gasteiger partial charge in [-0.1, -0.05) is 17.7 Å². The third kappa shape index (κ3) is 5.57. The van der Waals surface area contributed by atoms with Gasteiger partial charge in [0.15, 0.2) is 0 Å². The number of hydrogen-bond acceptors (Lipinski definition) is 7. The van der Waals surface area contributed by atoms with Crippen LogP contribution < -0.4 is 10.1 Å². The zero-order valence-corrected chi connectivity index (χ0v) is 22.0. The molecule has 2 saturated heterocycles. The standard InChI is InChI=1S/C24H31N3O7S2/c1-18-3-6-21(7-4-18)35(29,30)26-11-9-19(10-12-26)24(28)25-20-5-8-22(33-2)23(17-20)36(31,32)27-13-15-34-16-14-27/h3-8,17,19H,9-16H2,1-2H3,(H,25,28). The van der Waals surface area contributed by atoms with Gasteiger partial charge >= 0.3 is 0 Å². The molecule has 2 aromatic carbocycles. The number of methoxy groups -OCH3 is 1. The largest absolute Gasteiger partial charge is 0.495 e. The van der Waals surface area contributed by atoms with Gasteiger partial charge in [-0.05, 0) is 50.1 Å². The molecule has 1 N–H and O–H groups in total. The topological polar surface area (TPSA) is 122 Å². The first kappa shape index (κ1) is 26.6. The van der Waals surface area contributed by atoms with E-state index in [-0.39, 0.29) is 47.6 Å². The Balaban J connectivity index is 1.43. The maximum absolute atomic E-state index is 13.2. The average Bonchev–Trinajstić information content (AvgIpc) is 2.89. The van der Waals surface area contributed by atoms with E-state index in [1.165, 1.54) is 27.9 Å². The van der Waals surface area contributed by atoms with Crippen LogP contribution in [0.1, 0.15) is 18.4 Å². The molecule has 1 amide bonds. The van der Waals surface area contributed by atoms with E-state index < -0.39 is 26.0 Å². The maximum Gasteiger partial charge on any atom is 0.246 e. The fourth-order valence-corrected chi connectivity index (χ4v) is 7.40. The third-order valence-electron chi connectivity index (χ3n) is 6.50. The van der Waals surface area contributed by atoms with Crippen molar-refractivity contribution in [1.29, 1.82) is 0 Å². The van der Waals surface area contributed by atoms with Crippen LogP contribution in [0, 0.1) is 12.8 Å². The Kier molecular flexibility index (Phi) is 8.00. The van der Waals surface area contributed by atoms with Crippen LogP contribution in [-0.4, -0.2) is 77.9 Å². The molecule has 12 heteroatoms. The van der Waals surface area contributed by atoms with Crippen LogP contribution in [0.25, 0.3) is 0 Å². The van der Waals surface area contributed by atoms with Crippen LogP contribution in [0.3, 0.4) is 0 Å². The number of anilines is 1. The molecule has 0 spiro atoms. The van der Waals surface area contributed by atoms with Crippen molar-refractivity contribution >= 4 is 31.6 Å². The number of morpholine rings is 1. The molecule has 4 rings (SSSR count). The van der Waals surface area contributed by atoms with Gasteiger partial charge in [-0.3, -0.25) is 4.79 Å². The van der Waals surface area contributed by atoms with Crippen LogP contribution in [0.2, 0.25) is 0 Å². The van der Waals surface area contributed by atoms with E-state index in [1.807, 2.05) is 6.92 Å². The third-order valence-corrected chi connectivity index (χ3v) is 10.3. The zero-order chi connectivity index (χ0) is 25.9. The van der Waals surface area contributed by atoms with Crippen molar-refractivity contribution in [3.63, 3.8) is 0 Å². The highest BCUT2D eigenvalue weighted by Crippen LogP contribution is 2.31. The first-order chi connectivity index (χ1) is 17.1. The first-order valence-electron chi connectivity index (χ1n) is 11.8. The fraction of sp³-hybridized carbons (Fsp3) is 0.458. The molecule has 0 aliphatic carbocycles. The molecule has 0 atom stereocenters. The summed E-state index contributed by atoms with van der Waals surface area (Å²) >= 11 is 0. The van der Waals surface area contributed by atoms with Crippen molar-refractivity contribution in [1.82, 2.24) is 8.61 Å². The maximum atomic E-state index is 13.2. The predicted octanol–water partition coefficient (Wildman–Crippen LogP) is 2.06. The van der Waals surface area contributed by atoms with Gasteiger partial charge in [0.2, 0.25) is 26.0 Å². The minimum Gasteiger partial charge on any atom is -0.495 e. The molecule has 2 aliphatic heterocycles. The van der Waals surface area contributed by atoms with E-state index in [1.54, 1.807) is 30.3 Å². The molecule has 0 aromatic heterocycles.